The average Bonchev–Trinajstić information content (AvgIpc) is 2.61. The van der Waals surface area contributed by atoms with Crippen molar-refractivity contribution in [3.05, 3.63) is 59.7 Å². The van der Waals surface area contributed by atoms with Gasteiger partial charge in [-0.15, -0.1) is 0 Å². The van der Waals surface area contributed by atoms with E-state index in [1.165, 1.54) is 19.3 Å². The second kappa shape index (κ2) is 11.2. The van der Waals surface area contributed by atoms with Gasteiger partial charge < -0.3 is 9.84 Å². The van der Waals surface area contributed by atoms with Gasteiger partial charge in [0, 0.05) is 11.1 Å². The van der Waals surface area contributed by atoms with Gasteiger partial charge in [-0.1, -0.05) is 49.4 Å². The lowest BCUT2D eigenvalue weighted by Gasteiger charge is -2.21. The van der Waals surface area contributed by atoms with Gasteiger partial charge in [-0.2, -0.15) is 0 Å². The highest BCUT2D eigenvalue weighted by atomic mass is 16.5. The molecule has 0 amide bonds. The summed E-state index contributed by atoms with van der Waals surface area (Å²) in [5, 5.41) is 8.59. The highest BCUT2D eigenvalue weighted by Gasteiger charge is 2.17. The van der Waals surface area contributed by atoms with Crippen LogP contribution in [0.25, 0.3) is 0 Å². The minimum atomic E-state index is -0.851. The van der Waals surface area contributed by atoms with Gasteiger partial charge in [0.1, 0.15) is 6.10 Å². The summed E-state index contributed by atoms with van der Waals surface area (Å²) in [6.45, 7) is 6.83. The molecule has 1 fully saturated rings. The summed E-state index contributed by atoms with van der Waals surface area (Å²) in [4.78, 5) is 21.5. The van der Waals surface area contributed by atoms with E-state index in [1.54, 1.807) is 19.9 Å². The maximum atomic E-state index is 11.1. The molecular weight excluding hydrogens is 316 g/mol. The molecule has 0 aromatic heterocycles. The summed E-state index contributed by atoms with van der Waals surface area (Å²) in [5.74, 6) is -1.09. The Kier molecular flexibility index (Phi) is 9.30. The van der Waals surface area contributed by atoms with E-state index in [0.29, 0.717) is 17.6 Å². The number of allylic oxidation sites excluding steroid dienone is 1. The Balaban J connectivity index is 0.000000251. The van der Waals surface area contributed by atoms with Crippen LogP contribution in [0.15, 0.2) is 54.1 Å². The number of carbonyl (C=O) groups excluding carboxylic acids is 1. The lowest BCUT2D eigenvalue weighted by molar-refractivity contribution is -0.145. The molecule has 4 nitrogen and oxygen atoms in total. The van der Waals surface area contributed by atoms with E-state index in [9.17, 15) is 9.59 Å². The maximum absolute atomic E-state index is 11.1. The van der Waals surface area contributed by atoms with Crippen molar-refractivity contribution in [2.24, 2.45) is 0 Å². The van der Waals surface area contributed by atoms with Crippen LogP contribution in [0.4, 0.5) is 0 Å². The van der Waals surface area contributed by atoms with E-state index in [2.05, 4.69) is 6.58 Å². The second-order valence-corrected chi connectivity index (χ2v) is 6.33. The monoisotopic (exact) mass is 344 g/mol. The third kappa shape index (κ3) is 8.89. The number of benzene rings is 1. The summed E-state index contributed by atoms with van der Waals surface area (Å²) in [5.41, 5.74) is 2.02. The SMILES string of the molecule is C=C(C)C(=O)OC1CCCCC1.CC(=CCc1ccccc1)C(=O)O. The van der Waals surface area contributed by atoms with Crippen LogP contribution in [0, 0.1) is 0 Å². The topological polar surface area (TPSA) is 63.6 Å². The van der Waals surface area contributed by atoms with Crippen molar-refractivity contribution in [1.29, 1.82) is 0 Å². The number of carbonyl (C=O) groups is 2. The molecule has 0 aliphatic heterocycles. The van der Waals surface area contributed by atoms with Crippen molar-refractivity contribution in [2.75, 3.05) is 0 Å². The molecule has 0 bridgehead atoms. The predicted molar refractivity (Wildman–Crippen MR) is 99.3 cm³/mol. The molecule has 0 spiro atoms. The second-order valence-electron chi connectivity index (χ2n) is 6.33. The summed E-state index contributed by atoms with van der Waals surface area (Å²) in [7, 11) is 0. The van der Waals surface area contributed by atoms with Crippen LogP contribution in [0.5, 0.6) is 0 Å². The summed E-state index contributed by atoms with van der Waals surface area (Å²) in [6.07, 6.45) is 8.26. The lowest BCUT2D eigenvalue weighted by Crippen LogP contribution is -2.20. The zero-order valence-electron chi connectivity index (χ0n) is 15.2. The predicted octanol–water partition coefficient (Wildman–Crippen LogP) is 4.70. The lowest BCUT2D eigenvalue weighted by atomic mass is 9.98. The first kappa shape index (κ1) is 20.7. The molecule has 25 heavy (non-hydrogen) atoms. The average molecular weight is 344 g/mol. The van der Waals surface area contributed by atoms with E-state index in [-0.39, 0.29) is 12.1 Å². The van der Waals surface area contributed by atoms with Gasteiger partial charge in [0.2, 0.25) is 0 Å². The van der Waals surface area contributed by atoms with Crippen molar-refractivity contribution >= 4 is 11.9 Å². The molecular formula is C21H28O4. The van der Waals surface area contributed by atoms with E-state index in [1.807, 2.05) is 30.3 Å². The normalized spacial score (nSPS) is 14.9. The fourth-order valence-corrected chi connectivity index (χ4v) is 2.41. The largest absolute Gasteiger partial charge is 0.478 e. The number of aliphatic carboxylic acids is 1. The van der Waals surface area contributed by atoms with Crippen LogP contribution in [0.1, 0.15) is 51.5 Å². The number of esters is 1. The standard InChI is InChI=1S/C11H12O2.C10H16O2/c1-9(11(12)13)7-8-10-5-3-2-4-6-10;1-8(2)10(11)12-9-6-4-3-5-7-9/h2-7H,8H2,1H3,(H,12,13);9H,1,3-7H2,2H3. The fraction of sp³-hybridized carbons (Fsp3) is 0.429. The molecule has 0 radical (unpaired) electrons. The van der Waals surface area contributed by atoms with Crippen molar-refractivity contribution in [2.45, 2.75) is 58.5 Å². The van der Waals surface area contributed by atoms with Gasteiger partial charge >= 0.3 is 11.9 Å². The molecule has 0 saturated heterocycles. The Bertz CT molecular complexity index is 596. The molecule has 4 heteroatoms. The maximum Gasteiger partial charge on any atom is 0.333 e. The van der Waals surface area contributed by atoms with Crippen molar-refractivity contribution < 1.29 is 19.4 Å². The number of hydrogen-bond donors (Lipinski definition) is 1. The van der Waals surface area contributed by atoms with Gasteiger partial charge in [-0.3, -0.25) is 0 Å². The van der Waals surface area contributed by atoms with Gasteiger partial charge in [0.15, 0.2) is 0 Å². The Hall–Kier alpha value is -2.36. The highest BCUT2D eigenvalue weighted by Crippen LogP contribution is 2.20. The van der Waals surface area contributed by atoms with Crippen LogP contribution < -0.4 is 0 Å². The minimum absolute atomic E-state index is 0.156. The Morgan fingerprint density at radius 3 is 2.28 bits per heavy atom. The molecule has 0 heterocycles. The van der Waals surface area contributed by atoms with Crippen LogP contribution in [-0.2, 0) is 20.7 Å². The molecule has 0 unspecified atom stereocenters. The minimum Gasteiger partial charge on any atom is -0.478 e. The quantitative estimate of drug-likeness (QED) is 0.621. The first-order chi connectivity index (χ1) is 11.9. The van der Waals surface area contributed by atoms with Crippen molar-refractivity contribution in [3.8, 4) is 0 Å². The van der Waals surface area contributed by atoms with E-state index >= 15 is 0 Å². The molecule has 136 valence electrons. The smallest absolute Gasteiger partial charge is 0.333 e. The van der Waals surface area contributed by atoms with Gasteiger partial charge in [-0.05, 0) is 51.5 Å². The van der Waals surface area contributed by atoms with Crippen LogP contribution >= 0.6 is 0 Å². The fourth-order valence-electron chi connectivity index (χ4n) is 2.41. The highest BCUT2D eigenvalue weighted by molar-refractivity contribution is 5.87. The van der Waals surface area contributed by atoms with E-state index < -0.39 is 5.97 Å². The van der Waals surface area contributed by atoms with Crippen LogP contribution in [-0.4, -0.2) is 23.1 Å². The summed E-state index contributed by atoms with van der Waals surface area (Å²) in [6, 6.07) is 9.78. The Morgan fingerprint density at radius 1 is 1.16 bits per heavy atom. The Morgan fingerprint density at radius 2 is 1.76 bits per heavy atom. The number of carboxylic acid groups (broad SMARTS) is 1. The number of ether oxygens (including phenoxy) is 1. The van der Waals surface area contributed by atoms with Gasteiger partial charge in [-0.25, -0.2) is 9.59 Å². The molecule has 1 aliphatic carbocycles. The Labute approximate surface area is 150 Å². The molecule has 2 rings (SSSR count). The summed E-state index contributed by atoms with van der Waals surface area (Å²) >= 11 is 0. The van der Waals surface area contributed by atoms with E-state index in [0.717, 1.165) is 18.4 Å². The van der Waals surface area contributed by atoms with Crippen molar-refractivity contribution in [1.82, 2.24) is 0 Å². The summed E-state index contributed by atoms with van der Waals surface area (Å²) < 4.78 is 5.21. The van der Waals surface area contributed by atoms with Crippen molar-refractivity contribution in [3.63, 3.8) is 0 Å². The number of hydrogen-bond acceptors (Lipinski definition) is 3. The van der Waals surface area contributed by atoms with Crippen LogP contribution in [0.3, 0.4) is 0 Å². The zero-order valence-corrected chi connectivity index (χ0v) is 15.2. The molecule has 1 N–H and O–H groups in total. The van der Waals surface area contributed by atoms with Gasteiger partial charge in [0.05, 0.1) is 0 Å². The first-order valence-corrected chi connectivity index (χ1v) is 8.70. The number of rotatable bonds is 5. The molecule has 0 atom stereocenters. The third-order valence-corrected chi connectivity index (χ3v) is 4.00. The molecule has 1 saturated carbocycles. The van der Waals surface area contributed by atoms with Crippen LogP contribution in [0.2, 0.25) is 0 Å². The zero-order chi connectivity index (χ0) is 18.7. The molecule has 1 aromatic carbocycles. The first-order valence-electron chi connectivity index (χ1n) is 8.70. The number of carboxylic acids is 1. The van der Waals surface area contributed by atoms with Gasteiger partial charge in [0.25, 0.3) is 0 Å². The van der Waals surface area contributed by atoms with E-state index in [4.69, 9.17) is 9.84 Å². The third-order valence-electron chi connectivity index (χ3n) is 4.00. The molecule has 1 aromatic rings. The molecule has 1 aliphatic rings.